The minimum absolute atomic E-state index is 0.0299. The molecule has 0 unspecified atom stereocenters. The first kappa shape index (κ1) is 18.2. The highest BCUT2D eigenvalue weighted by Gasteiger charge is 2.58. The van der Waals surface area contributed by atoms with Gasteiger partial charge in [0, 0.05) is 29.0 Å². The van der Waals surface area contributed by atoms with Crippen LogP contribution in [0.2, 0.25) is 0 Å². The summed E-state index contributed by atoms with van der Waals surface area (Å²) < 4.78 is 5.90. The highest BCUT2D eigenvalue weighted by molar-refractivity contribution is 7.13. The summed E-state index contributed by atoms with van der Waals surface area (Å²) in [6.07, 6.45) is 11.7. The van der Waals surface area contributed by atoms with Crippen LogP contribution in [0.1, 0.15) is 45.4 Å². The highest BCUT2D eigenvalue weighted by Crippen LogP contribution is 2.61. The maximum absolute atomic E-state index is 12.4. The fourth-order valence-corrected chi connectivity index (χ4v) is 7.14. The number of carbonyl (C=O) groups excluding carboxylic acids is 2. The molecule has 0 radical (unpaired) electrons. The van der Waals surface area contributed by atoms with Gasteiger partial charge in [-0.2, -0.15) is 0 Å². The number of ether oxygens (including phenoxy) is 1. The van der Waals surface area contributed by atoms with Gasteiger partial charge in [0.15, 0.2) is 5.13 Å². The summed E-state index contributed by atoms with van der Waals surface area (Å²) in [7, 11) is 0. The van der Waals surface area contributed by atoms with Crippen LogP contribution in [0.4, 0.5) is 9.93 Å². The number of rotatable bonds is 2. The molecule has 3 saturated carbocycles. The summed E-state index contributed by atoms with van der Waals surface area (Å²) >= 11 is 1.40. The molecule has 0 bridgehead atoms. The average molecular weight is 402 g/mol. The number of carbonyl (C=O) groups is 2. The van der Waals surface area contributed by atoms with Gasteiger partial charge in [0.05, 0.1) is 0 Å². The molecule has 0 saturated heterocycles. The van der Waals surface area contributed by atoms with Gasteiger partial charge in [-0.25, -0.2) is 9.78 Å². The van der Waals surface area contributed by atoms with Crippen molar-refractivity contribution in [3.63, 3.8) is 0 Å². The van der Waals surface area contributed by atoms with Crippen LogP contribution in [0.5, 0.6) is 0 Å². The van der Waals surface area contributed by atoms with Gasteiger partial charge < -0.3 is 10.1 Å². The van der Waals surface area contributed by atoms with E-state index >= 15 is 0 Å². The van der Waals surface area contributed by atoms with Gasteiger partial charge in [-0.1, -0.05) is 13.0 Å². The van der Waals surface area contributed by atoms with Crippen LogP contribution >= 0.6 is 11.3 Å². The van der Waals surface area contributed by atoms with Gasteiger partial charge >= 0.3 is 6.09 Å². The van der Waals surface area contributed by atoms with E-state index in [0.717, 1.165) is 38.5 Å². The lowest BCUT2D eigenvalue weighted by Gasteiger charge is -2.54. The van der Waals surface area contributed by atoms with Gasteiger partial charge in [-0.3, -0.25) is 10.1 Å². The van der Waals surface area contributed by atoms with Crippen LogP contribution in [0.25, 0.3) is 0 Å². The van der Waals surface area contributed by atoms with Gasteiger partial charge in [0.25, 0.3) is 0 Å². The average Bonchev–Trinajstić information content (AvgIpc) is 3.29. The van der Waals surface area contributed by atoms with Crippen LogP contribution in [0.3, 0.4) is 0 Å². The molecule has 0 aromatic carbocycles. The van der Waals surface area contributed by atoms with E-state index in [1.54, 1.807) is 12.3 Å². The van der Waals surface area contributed by atoms with Gasteiger partial charge in [-0.05, 0) is 62.4 Å². The molecule has 4 aliphatic rings. The molecule has 3 fully saturated rings. The number of nitrogens with zero attached hydrogens (tertiary/aromatic N) is 1. The molecule has 28 heavy (non-hydrogen) atoms. The number of hydrogen-bond acceptors (Lipinski definition) is 5. The number of thiazole rings is 1. The molecule has 7 atom stereocenters. The highest BCUT2D eigenvalue weighted by atomic mass is 32.1. The molecule has 2 heterocycles. The van der Waals surface area contributed by atoms with Crippen LogP contribution in [0.15, 0.2) is 23.7 Å². The second kappa shape index (κ2) is 6.87. The predicted molar refractivity (Wildman–Crippen MR) is 107 cm³/mol. The first-order chi connectivity index (χ1) is 13.5. The number of nitrogens with one attached hydrogen (secondary N) is 2. The summed E-state index contributed by atoms with van der Waals surface area (Å²) in [5.41, 5.74) is 0.0514. The molecule has 1 aromatic heterocycles. The predicted octanol–water partition coefficient (Wildman–Crippen LogP) is 3.97. The van der Waals surface area contributed by atoms with E-state index in [0.29, 0.717) is 34.8 Å². The van der Waals surface area contributed by atoms with Crippen molar-refractivity contribution in [1.29, 1.82) is 0 Å². The normalized spacial score (nSPS) is 41.4. The van der Waals surface area contributed by atoms with Crippen molar-refractivity contribution in [3.05, 3.63) is 23.7 Å². The lowest BCUT2D eigenvalue weighted by molar-refractivity contribution is -0.119. The zero-order valence-electron chi connectivity index (χ0n) is 16.1. The SMILES string of the molecule is C[C@]12CC[C@@H]3[C@H]4C=CC(=O)N[C@@H]4CC[C@H]3[C@@H]1CC[C@@H]2OC(=O)Nc1nccs1. The maximum Gasteiger partial charge on any atom is 0.413 e. The molecular weight excluding hydrogens is 374 g/mol. The molecule has 5 rings (SSSR count). The van der Waals surface area contributed by atoms with Crippen molar-refractivity contribution < 1.29 is 14.3 Å². The lowest BCUT2D eigenvalue weighted by Crippen LogP contribution is -2.54. The monoisotopic (exact) mass is 401 g/mol. The molecule has 150 valence electrons. The second-order valence-corrected chi connectivity index (χ2v) is 9.94. The Morgan fingerprint density at radius 3 is 3.00 bits per heavy atom. The Morgan fingerprint density at radius 2 is 2.18 bits per heavy atom. The van der Waals surface area contributed by atoms with E-state index in [-0.39, 0.29) is 23.5 Å². The fourth-order valence-electron chi connectivity index (χ4n) is 6.62. The number of anilines is 1. The Labute approximate surface area is 169 Å². The third-order valence-corrected chi connectivity index (χ3v) is 8.55. The summed E-state index contributed by atoms with van der Waals surface area (Å²) in [6, 6.07) is 0.306. The molecule has 2 amide bonds. The van der Waals surface area contributed by atoms with Crippen LogP contribution in [-0.2, 0) is 9.53 Å². The Balaban J connectivity index is 1.29. The Kier molecular flexibility index (Phi) is 4.45. The van der Waals surface area contributed by atoms with Crippen molar-refractivity contribution in [1.82, 2.24) is 10.3 Å². The van der Waals surface area contributed by atoms with E-state index in [1.807, 2.05) is 5.38 Å². The Morgan fingerprint density at radius 1 is 1.29 bits per heavy atom. The smallest absolute Gasteiger partial charge is 0.413 e. The zero-order chi connectivity index (χ0) is 19.3. The maximum atomic E-state index is 12.4. The summed E-state index contributed by atoms with van der Waals surface area (Å²) in [5.74, 6) is 2.41. The zero-order valence-corrected chi connectivity index (χ0v) is 16.9. The molecule has 2 N–H and O–H groups in total. The van der Waals surface area contributed by atoms with E-state index < -0.39 is 0 Å². The second-order valence-electron chi connectivity index (χ2n) is 9.04. The molecule has 6 nitrogen and oxygen atoms in total. The third kappa shape index (κ3) is 2.95. The van der Waals surface area contributed by atoms with Crippen molar-refractivity contribution in [2.75, 3.05) is 5.32 Å². The lowest BCUT2D eigenvalue weighted by atomic mass is 9.53. The van der Waals surface area contributed by atoms with Crippen molar-refractivity contribution in [3.8, 4) is 0 Å². The van der Waals surface area contributed by atoms with Gasteiger partial charge in [0.1, 0.15) is 6.10 Å². The van der Waals surface area contributed by atoms with E-state index in [1.165, 1.54) is 11.3 Å². The minimum atomic E-state index is -0.384. The molecule has 7 heteroatoms. The van der Waals surface area contributed by atoms with Crippen LogP contribution in [0, 0.1) is 29.1 Å². The van der Waals surface area contributed by atoms with E-state index in [2.05, 4.69) is 28.6 Å². The standard InChI is InChI=1S/C21H27N3O3S/c1-21-9-8-12-13(2-5-16-14(12)3-7-18(25)23-16)15(21)4-6-17(21)27-20(26)24-19-22-10-11-28-19/h3,7,10-17H,2,4-6,8-9H2,1H3,(H,23,25)(H,22,24,26)/t12-,13+,14+,15-,16+,17-,21-/m0/s1. The van der Waals surface area contributed by atoms with Gasteiger partial charge in [-0.15, -0.1) is 11.3 Å². The molecule has 0 spiro atoms. The summed E-state index contributed by atoms with van der Waals surface area (Å²) in [5, 5.41) is 8.34. The van der Waals surface area contributed by atoms with Crippen molar-refractivity contribution >= 4 is 28.5 Å². The molecular formula is C21H27N3O3S. The van der Waals surface area contributed by atoms with Crippen molar-refractivity contribution in [2.45, 2.75) is 57.6 Å². The van der Waals surface area contributed by atoms with E-state index in [9.17, 15) is 9.59 Å². The number of aromatic nitrogens is 1. The molecule has 3 aliphatic carbocycles. The first-order valence-corrected chi connectivity index (χ1v) is 11.3. The van der Waals surface area contributed by atoms with Crippen molar-refractivity contribution in [2.24, 2.45) is 29.1 Å². The number of amides is 2. The third-order valence-electron chi connectivity index (χ3n) is 7.86. The Bertz CT molecular complexity index is 795. The molecule has 1 aliphatic heterocycles. The Hall–Kier alpha value is -1.89. The quantitative estimate of drug-likeness (QED) is 0.786. The van der Waals surface area contributed by atoms with E-state index in [4.69, 9.17) is 4.74 Å². The molecule has 1 aromatic rings. The van der Waals surface area contributed by atoms with Gasteiger partial charge in [0.2, 0.25) is 5.91 Å². The fraction of sp³-hybridized carbons (Fsp3) is 0.667. The number of fused-ring (bicyclic) bond motifs is 5. The minimum Gasteiger partial charge on any atom is -0.445 e. The van der Waals surface area contributed by atoms with Crippen LogP contribution in [-0.4, -0.2) is 29.1 Å². The van der Waals surface area contributed by atoms with Crippen LogP contribution < -0.4 is 10.6 Å². The number of hydrogen-bond donors (Lipinski definition) is 2. The summed E-state index contributed by atoms with van der Waals surface area (Å²) in [6.45, 7) is 2.33. The first-order valence-electron chi connectivity index (χ1n) is 10.4. The topological polar surface area (TPSA) is 80.3 Å². The summed E-state index contributed by atoms with van der Waals surface area (Å²) in [4.78, 5) is 28.2. The largest absolute Gasteiger partial charge is 0.445 e.